The average molecular weight is 241 g/mol. The third-order valence-electron chi connectivity index (χ3n) is 3.44. The lowest BCUT2D eigenvalue weighted by Gasteiger charge is -2.11. The van der Waals surface area contributed by atoms with Gasteiger partial charge in [0.05, 0.1) is 11.6 Å². The number of nitrogens with zero attached hydrogens (tertiary/aromatic N) is 1. The van der Waals surface area contributed by atoms with Gasteiger partial charge in [0.25, 0.3) is 0 Å². The molecule has 2 atom stereocenters. The number of pyridine rings is 1. The van der Waals surface area contributed by atoms with Gasteiger partial charge in [-0.15, -0.1) is 0 Å². The molecule has 1 saturated heterocycles. The van der Waals surface area contributed by atoms with Gasteiger partial charge in [-0.05, 0) is 31.9 Å². The molecule has 1 aliphatic rings. The van der Waals surface area contributed by atoms with E-state index in [1.54, 1.807) is 6.20 Å². The predicted molar refractivity (Wildman–Crippen MR) is 69.6 cm³/mol. The molecule has 0 saturated carbocycles. The van der Waals surface area contributed by atoms with Crippen LogP contribution in [0.4, 0.5) is 0 Å². The Bertz CT molecular complexity index is 589. The van der Waals surface area contributed by atoms with Gasteiger partial charge in [0.1, 0.15) is 6.10 Å². The van der Waals surface area contributed by atoms with E-state index < -0.39 is 0 Å². The maximum absolute atomic E-state index is 12.5. The van der Waals surface area contributed by atoms with Crippen molar-refractivity contribution in [1.29, 1.82) is 0 Å². The van der Waals surface area contributed by atoms with Crippen LogP contribution in [-0.2, 0) is 4.74 Å². The van der Waals surface area contributed by atoms with Crippen LogP contribution in [0.15, 0.2) is 36.5 Å². The molecule has 0 N–H and O–H groups in total. The van der Waals surface area contributed by atoms with Crippen LogP contribution in [0.1, 0.15) is 30.1 Å². The van der Waals surface area contributed by atoms with Crippen LogP contribution >= 0.6 is 0 Å². The molecule has 1 aliphatic heterocycles. The van der Waals surface area contributed by atoms with Gasteiger partial charge in [-0.3, -0.25) is 9.78 Å². The van der Waals surface area contributed by atoms with Gasteiger partial charge < -0.3 is 4.74 Å². The molecule has 2 unspecified atom stereocenters. The molecule has 3 rings (SSSR count). The summed E-state index contributed by atoms with van der Waals surface area (Å²) < 4.78 is 5.66. The second-order valence-electron chi connectivity index (χ2n) is 4.75. The lowest BCUT2D eigenvalue weighted by atomic mass is 9.99. The number of rotatable bonds is 2. The summed E-state index contributed by atoms with van der Waals surface area (Å²) in [6.45, 7) is 2.01. The van der Waals surface area contributed by atoms with Crippen molar-refractivity contribution in [2.45, 2.75) is 32.0 Å². The molecular formula is C15H15NO2. The molecule has 0 bridgehead atoms. The third-order valence-corrected chi connectivity index (χ3v) is 3.44. The van der Waals surface area contributed by atoms with Gasteiger partial charge in [0.15, 0.2) is 5.78 Å². The molecule has 0 radical (unpaired) electrons. The number of ketones is 1. The Labute approximate surface area is 106 Å². The number of fused-ring (bicyclic) bond motifs is 1. The first-order chi connectivity index (χ1) is 8.75. The van der Waals surface area contributed by atoms with Gasteiger partial charge in [0.2, 0.25) is 0 Å². The van der Waals surface area contributed by atoms with Crippen molar-refractivity contribution < 1.29 is 9.53 Å². The van der Waals surface area contributed by atoms with E-state index in [1.165, 1.54) is 0 Å². The molecule has 2 heterocycles. The van der Waals surface area contributed by atoms with E-state index in [-0.39, 0.29) is 18.0 Å². The second kappa shape index (κ2) is 4.50. The Hall–Kier alpha value is -1.74. The van der Waals surface area contributed by atoms with E-state index in [0.29, 0.717) is 0 Å². The van der Waals surface area contributed by atoms with Crippen molar-refractivity contribution in [3.8, 4) is 0 Å². The predicted octanol–water partition coefficient (Wildman–Crippen LogP) is 2.99. The minimum atomic E-state index is -0.286. The molecular weight excluding hydrogens is 226 g/mol. The van der Waals surface area contributed by atoms with Gasteiger partial charge in [-0.25, -0.2) is 0 Å². The quantitative estimate of drug-likeness (QED) is 0.759. The van der Waals surface area contributed by atoms with Crippen LogP contribution in [0.5, 0.6) is 0 Å². The van der Waals surface area contributed by atoms with E-state index in [0.717, 1.165) is 29.3 Å². The molecule has 3 heteroatoms. The van der Waals surface area contributed by atoms with Gasteiger partial charge in [0, 0.05) is 17.1 Å². The molecule has 1 aromatic heterocycles. The molecule has 0 spiro atoms. The highest BCUT2D eigenvalue weighted by Crippen LogP contribution is 2.25. The minimum Gasteiger partial charge on any atom is -0.367 e. The summed E-state index contributed by atoms with van der Waals surface area (Å²) >= 11 is 0. The van der Waals surface area contributed by atoms with E-state index >= 15 is 0 Å². The fraction of sp³-hybridized carbons (Fsp3) is 0.333. The number of carbonyl (C=O) groups is 1. The fourth-order valence-corrected chi connectivity index (χ4v) is 2.49. The topological polar surface area (TPSA) is 39.2 Å². The first-order valence-electron chi connectivity index (χ1n) is 6.29. The molecule has 92 valence electrons. The molecule has 0 amide bonds. The average Bonchev–Trinajstić information content (AvgIpc) is 2.84. The largest absolute Gasteiger partial charge is 0.367 e. The summed E-state index contributed by atoms with van der Waals surface area (Å²) in [5.41, 5.74) is 1.58. The van der Waals surface area contributed by atoms with Gasteiger partial charge >= 0.3 is 0 Å². The number of Topliss-reactive ketones (excluding diaryl/α,β-unsaturated/α-hetero) is 1. The Morgan fingerprint density at radius 3 is 2.94 bits per heavy atom. The lowest BCUT2D eigenvalue weighted by Crippen LogP contribution is -2.21. The van der Waals surface area contributed by atoms with Crippen LogP contribution in [0.25, 0.3) is 10.9 Å². The van der Waals surface area contributed by atoms with Crippen molar-refractivity contribution in [2.75, 3.05) is 0 Å². The summed E-state index contributed by atoms with van der Waals surface area (Å²) in [7, 11) is 0. The monoisotopic (exact) mass is 241 g/mol. The number of benzene rings is 1. The van der Waals surface area contributed by atoms with Crippen molar-refractivity contribution in [3.05, 3.63) is 42.1 Å². The summed E-state index contributed by atoms with van der Waals surface area (Å²) in [5, 5.41) is 0.910. The highest BCUT2D eigenvalue weighted by atomic mass is 16.5. The van der Waals surface area contributed by atoms with Crippen molar-refractivity contribution >= 4 is 16.7 Å². The normalized spacial score (nSPS) is 23.4. The molecule has 1 fully saturated rings. The summed E-state index contributed by atoms with van der Waals surface area (Å²) in [6.07, 6.45) is 3.42. The molecule has 2 aromatic rings. The molecule has 18 heavy (non-hydrogen) atoms. The van der Waals surface area contributed by atoms with Crippen LogP contribution in [0.3, 0.4) is 0 Å². The fourth-order valence-electron chi connectivity index (χ4n) is 2.49. The van der Waals surface area contributed by atoms with Crippen molar-refractivity contribution in [1.82, 2.24) is 4.98 Å². The van der Waals surface area contributed by atoms with Crippen LogP contribution in [0.2, 0.25) is 0 Å². The number of carbonyl (C=O) groups excluding carboxylic acids is 1. The van der Waals surface area contributed by atoms with Crippen molar-refractivity contribution in [3.63, 3.8) is 0 Å². The number of hydrogen-bond acceptors (Lipinski definition) is 3. The Morgan fingerprint density at radius 1 is 1.28 bits per heavy atom. The second-order valence-corrected chi connectivity index (χ2v) is 4.75. The third kappa shape index (κ3) is 1.91. The summed E-state index contributed by atoms with van der Waals surface area (Å²) in [5.74, 6) is 0.0814. The zero-order chi connectivity index (χ0) is 12.5. The van der Waals surface area contributed by atoms with Crippen LogP contribution in [-0.4, -0.2) is 23.0 Å². The van der Waals surface area contributed by atoms with E-state index in [9.17, 15) is 4.79 Å². The van der Waals surface area contributed by atoms with E-state index in [4.69, 9.17) is 4.74 Å². The zero-order valence-electron chi connectivity index (χ0n) is 10.3. The molecule has 1 aromatic carbocycles. The zero-order valence-corrected chi connectivity index (χ0v) is 10.3. The maximum atomic E-state index is 12.5. The highest BCUT2D eigenvalue weighted by molar-refractivity contribution is 6.09. The lowest BCUT2D eigenvalue weighted by molar-refractivity contribution is 0.0435. The summed E-state index contributed by atoms with van der Waals surface area (Å²) in [6, 6.07) is 9.45. The van der Waals surface area contributed by atoms with Crippen LogP contribution in [0, 0.1) is 0 Å². The van der Waals surface area contributed by atoms with E-state index in [1.807, 2.05) is 37.3 Å². The molecule has 3 nitrogen and oxygen atoms in total. The van der Waals surface area contributed by atoms with E-state index in [2.05, 4.69) is 4.98 Å². The Morgan fingerprint density at radius 2 is 2.17 bits per heavy atom. The Kier molecular flexibility index (Phi) is 2.84. The Balaban J connectivity index is 2.01. The maximum Gasteiger partial charge on any atom is 0.192 e. The smallest absolute Gasteiger partial charge is 0.192 e. The first kappa shape index (κ1) is 11.4. The van der Waals surface area contributed by atoms with Crippen LogP contribution < -0.4 is 0 Å². The summed E-state index contributed by atoms with van der Waals surface area (Å²) in [4.78, 5) is 16.7. The molecule has 0 aliphatic carbocycles. The highest BCUT2D eigenvalue weighted by Gasteiger charge is 2.29. The first-order valence-corrected chi connectivity index (χ1v) is 6.29. The van der Waals surface area contributed by atoms with Crippen molar-refractivity contribution in [2.24, 2.45) is 0 Å². The standard InChI is InChI=1S/C15H15NO2/c1-10-7-8-14(18-10)15(17)12-4-2-6-13-11(12)5-3-9-16-13/h2-6,9-10,14H,7-8H2,1H3. The van der Waals surface area contributed by atoms with Gasteiger partial charge in [-0.2, -0.15) is 0 Å². The number of ether oxygens (including phenoxy) is 1. The van der Waals surface area contributed by atoms with Gasteiger partial charge in [-0.1, -0.05) is 18.2 Å². The SMILES string of the molecule is CC1CCC(C(=O)c2cccc3ncccc23)O1. The number of aromatic nitrogens is 1. The number of hydrogen-bond donors (Lipinski definition) is 0. The minimum absolute atomic E-state index is 0.0814.